The van der Waals surface area contributed by atoms with Gasteiger partial charge < -0.3 is 10.3 Å². The third-order valence-electron chi connectivity index (χ3n) is 3.45. The van der Waals surface area contributed by atoms with Crippen LogP contribution in [0.1, 0.15) is 42.0 Å². The second-order valence-electron chi connectivity index (χ2n) is 4.80. The summed E-state index contributed by atoms with van der Waals surface area (Å²) in [5.74, 6) is 1.50. The highest BCUT2D eigenvalue weighted by molar-refractivity contribution is 5.55. The highest BCUT2D eigenvalue weighted by Crippen LogP contribution is 2.26. The molecule has 0 fully saturated rings. The standard InChI is InChI=1S/C14H15N5/c1-9(13-16-5-6-17-13)18-14-11(8-15)7-10-3-2-4-12(10)19-14/h5-7,9H,2-4H2,1H3,(H,16,17)(H,18,19). The first kappa shape index (κ1) is 11.7. The summed E-state index contributed by atoms with van der Waals surface area (Å²) in [6, 6.07) is 4.18. The second kappa shape index (κ2) is 4.73. The minimum Gasteiger partial charge on any atom is -0.359 e. The van der Waals surface area contributed by atoms with E-state index in [1.807, 2.05) is 13.0 Å². The quantitative estimate of drug-likeness (QED) is 0.880. The zero-order valence-corrected chi connectivity index (χ0v) is 10.8. The van der Waals surface area contributed by atoms with Crippen LogP contribution in [-0.4, -0.2) is 15.0 Å². The summed E-state index contributed by atoms with van der Waals surface area (Å²) in [5.41, 5.74) is 2.94. The Morgan fingerprint density at radius 1 is 1.47 bits per heavy atom. The predicted octanol–water partition coefficient (Wildman–Crippen LogP) is 2.34. The average Bonchev–Trinajstić information content (AvgIpc) is 3.08. The fourth-order valence-electron chi connectivity index (χ4n) is 2.46. The number of aromatic nitrogens is 3. The Morgan fingerprint density at radius 3 is 3.11 bits per heavy atom. The molecule has 19 heavy (non-hydrogen) atoms. The van der Waals surface area contributed by atoms with Gasteiger partial charge >= 0.3 is 0 Å². The summed E-state index contributed by atoms with van der Waals surface area (Å²) in [4.78, 5) is 11.9. The molecule has 2 N–H and O–H groups in total. The van der Waals surface area contributed by atoms with E-state index in [1.165, 1.54) is 5.56 Å². The zero-order chi connectivity index (χ0) is 13.2. The highest BCUT2D eigenvalue weighted by Gasteiger charge is 2.18. The van der Waals surface area contributed by atoms with Crippen LogP contribution in [0.4, 0.5) is 5.82 Å². The molecule has 0 saturated heterocycles. The molecule has 1 aliphatic carbocycles. The predicted molar refractivity (Wildman–Crippen MR) is 71.6 cm³/mol. The molecule has 0 amide bonds. The van der Waals surface area contributed by atoms with E-state index in [4.69, 9.17) is 0 Å². The summed E-state index contributed by atoms with van der Waals surface area (Å²) < 4.78 is 0. The van der Waals surface area contributed by atoms with Crippen molar-refractivity contribution >= 4 is 5.82 Å². The summed E-state index contributed by atoms with van der Waals surface area (Å²) in [6.45, 7) is 1.99. The van der Waals surface area contributed by atoms with Crippen molar-refractivity contribution in [3.63, 3.8) is 0 Å². The molecule has 0 aromatic carbocycles. The molecule has 3 rings (SSSR count). The number of hydrogen-bond donors (Lipinski definition) is 2. The summed E-state index contributed by atoms with van der Waals surface area (Å²) in [7, 11) is 0. The lowest BCUT2D eigenvalue weighted by Crippen LogP contribution is -2.11. The molecular formula is C14H15N5. The molecule has 2 aromatic heterocycles. The van der Waals surface area contributed by atoms with Crippen LogP contribution in [0.5, 0.6) is 0 Å². The van der Waals surface area contributed by atoms with Gasteiger partial charge in [0.2, 0.25) is 0 Å². The fraction of sp³-hybridized carbons (Fsp3) is 0.357. The Balaban J connectivity index is 1.90. The number of H-pyrrole nitrogens is 1. The number of aryl methyl sites for hydroxylation is 2. The number of anilines is 1. The highest BCUT2D eigenvalue weighted by atomic mass is 15.1. The lowest BCUT2D eigenvalue weighted by molar-refractivity contribution is 0.800. The van der Waals surface area contributed by atoms with Gasteiger partial charge in [-0.3, -0.25) is 0 Å². The van der Waals surface area contributed by atoms with Crippen molar-refractivity contribution in [2.24, 2.45) is 0 Å². The van der Waals surface area contributed by atoms with Crippen molar-refractivity contribution in [2.75, 3.05) is 5.32 Å². The maximum Gasteiger partial charge on any atom is 0.144 e. The Kier molecular flexibility index (Phi) is 2.92. The molecule has 0 bridgehead atoms. The van der Waals surface area contributed by atoms with Crippen LogP contribution >= 0.6 is 0 Å². The monoisotopic (exact) mass is 253 g/mol. The molecular weight excluding hydrogens is 238 g/mol. The van der Waals surface area contributed by atoms with Gasteiger partial charge in [-0.1, -0.05) is 0 Å². The van der Waals surface area contributed by atoms with E-state index in [1.54, 1.807) is 12.4 Å². The Morgan fingerprint density at radius 2 is 2.37 bits per heavy atom. The van der Waals surface area contributed by atoms with E-state index in [0.29, 0.717) is 11.4 Å². The summed E-state index contributed by atoms with van der Waals surface area (Å²) >= 11 is 0. The maximum absolute atomic E-state index is 9.24. The summed E-state index contributed by atoms with van der Waals surface area (Å²) in [5, 5.41) is 12.5. The normalized spacial score (nSPS) is 14.7. The second-order valence-corrected chi connectivity index (χ2v) is 4.80. The number of hydrogen-bond acceptors (Lipinski definition) is 4. The Hall–Kier alpha value is -2.35. The molecule has 0 radical (unpaired) electrons. The van der Waals surface area contributed by atoms with Crippen LogP contribution < -0.4 is 5.32 Å². The summed E-state index contributed by atoms with van der Waals surface area (Å²) in [6.07, 6.45) is 6.67. The van der Waals surface area contributed by atoms with Crippen LogP contribution in [0, 0.1) is 11.3 Å². The third kappa shape index (κ3) is 2.17. The van der Waals surface area contributed by atoms with Gasteiger partial charge in [-0.25, -0.2) is 9.97 Å². The van der Waals surface area contributed by atoms with Crippen LogP contribution in [0.3, 0.4) is 0 Å². The SMILES string of the molecule is CC(Nc1nc2c(cc1C#N)CCC2)c1ncc[nH]1. The molecule has 96 valence electrons. The molecule has 1 atom stereocenters. The van der Waals surface area contributed by atoms with E-state index in [9.17, 15) is 5.26 Å². The van der Waals surface area contributed by atoms with Crippen LogP contribution in [-0.2, 0) is 12.8 Å². The number of nitrogens with zero attached hydrogens (tertiary/aromatic N) is 3. The first-order chi connectivity index (χ1) is 9.28. The molecule has 5 heteroatoms. The van der Waals surface area contributed by atoms with Gasteiger partial charge in [0.25, 0.3) is 0 Å². The molecule has 0 saturated carbocycles. The molecule has 0 aliphatic heterocycles. The van der Waals surface area contributed by atoms with Crippen molar-refractivity contribution in [3.05, 3.63) is 41.1 Å². The van der Waals surface area contributed by atoms with Crippen molar-refractivity contribution in [1.29, 1.82) is 5.26 Å². The number of aromatic amines is 1. The molecule has 1 aliphatic rings. The van der Waals surface area contributed by atoms with Crippen molar-refractivity contribution in [1.82, 2.24) is 15.0 Å². The van der Waals surface area contributed by atoms with Crippen LogP contribution in [0.15, 0.2) is 18.5 Å². The number of pyridine rings is 1. The maximum atomic E-state index is 9.24. The fourth-order valence-corrected chi connectivity index (χ4v) is 2.46. The minimum atomic E-state index is -0.00551. The first-order valence-electron chi connectivity index (χ1n) is 6.46. The van der Waals surface area contributed by atoms with Gasteiger partial charge in [0.05, 0.1) is 11.6 Å². The lowest BCUT2D eigenvalue weighted by atomic mass is 10.1. The van der Waals surface area contributed by atoms with Crippen LogP contribution in [0.25, 0.3) is 0 Å². The average molecular weight is 253 g/mol. The molecule has 1 unspecified atom stereocenters. The topological polar surface area (TPSA) is 77.4 Å². The van der Waals surface area contributed by atoms with E-state index in [-0.39, 0.29) is 6.04 Å². The van der Waals surface area contributed by atoms with Gasteiger partial charge in [-0.05, 0) is 37.8 Å². The zero-order valence-electron chi connectivity index (χ0n) is 10.8. The molecule has 2 heterocycles. The first-order valence-corrected chi connectivity index (χ1v) is 6.46. The van der Waals surface area contributed by atoms with Crippen molar-refractivity contribution < 1.29 is 0 Å². The number of nitrogens with one attached hydrogen (secondary N) is 2. The molecule has 0 spiro atoms. The van der Waals surface area contributed by atoms with E-state index >= 15 is 0 Å². The lowest BCUT2D eigenvalue weighted by Gasteiger charge is -2.14. The third-order valence-corrected chi connectivity index (χ3v) is 3.45. The van der Waals surface area contributed by atoms with Gasteiger partial charge in [-0.2, -0.15) is 5.26 Å². The van der Waals surface area contributed by atoms with Gasteiger partial charge in [0, 0.05) is 18.1 Å². The van der Waals surface area contributed by atoms with E-state index in [0.717, 1.165) is 30.8 Å². The Labute approximate surface area is 111 Å². The number of fused-ring (bicyclic) bond motifs is 1. The Bertz CT molecular complexity index is 624. The number of imidazole rings is 1. The van der Waals surface area contributed by atoms with Gasteiger partial charge in [-0.15, -0.1) is 0 Å². The van der Waals surface area contributed by atoms with Crippen molar-refractivity contribution in [3.8, 4) is 6.07 Å². The minimum absolute atomic E-state index is 0.00551. The van der Waals surface area contributed by atoms with Crippen LogP contribution in [0.2, 0.25) is 0 Å². The number of nitriles is 1. The number of rotatable bonds is 3. The molecule has 2 aromatic rings. The largest absolute Gasteiger partial charge is 0.359 e. The smallest absolute Gasteiger partial charge is 0.144 e. The van der Waals surface area contributed by atoms with Gasteiger partial charge in [0.15, 0.2) is 0 Å². The molecule has 5 nitrogen and oxygen atoms in total. The van der Waals surface area contributed by atoms with E-state index < -0.39 is 0 Å². The van der Waals surface area contributed by atoms with Crippen molar-refractivity contribution in [2.45, 2.75) is 32.2 Å². The van der Waals surface area contributed by atoms with Gasteiger partial charge in [0.1, 0.15) is 17.7 Å². The van der Waals surface area contributed by atoms with E-state index in [2.05, 4.69) is 26.3 Å².